The normalized spacial score (nSPS) is 17.3. The van der Waals surface area contributed by atoms with Gasteiger partial charge in [-0.3, -0.25) is 0 Å². The summed E-state index contributed by atoms with van der Waals surface area (Å²) in [5.41, 5.74) is 0.758. The lowest BCUT2D eigenvalue weighted by Gasteiger charge is -2.23. The Bertz CT molecular complexity index is 301. The van der Waals surface area contributed by atoms with Gasteiger partial charge in [-0.15, -0.1) is 0 Å². The number of nitrogens with zero attached hydrogens (tertiary/aromatic N) is 1. The molecule has 0 aromatic carbocycles. The predicted molar refractivity (Wildman–Crippen MR) is 40.1 cm³/mol. The van der Waals surface area contributed by atoms with Crippen molar-refractivity contribution in [2.75, 3.05) is 0 Å². The van der Waals surface area contributed by atoms with Gasteiger partial charge < -0.3 is 9.63 Å². The van der Waals surface area contributed by atoms with Crippen LogP contribution in [0.3, 0.4) is 0 Å². The summed E-state index contributed by atoms with van der Waals surface area (Å²) >= 11 is 0. The Morgan fingerprint density at radius 2 is 2.42 bits per heavy atom. The summed E-state index contributed by atoms with van der Waals surface area (Å²) in [6.07, 6.45) is 4.81. The lowest BCUT2D eigenvalue weighted by molar-refractivity contribution is 0.0648. The SMILES string of the molecule is O=C(O)c1oncc1C1CCC1. The molecule has 1 aliphatic rings. The standard InChI is InChI=1S/C8H9NO3/c10-8(11)7-6(4-9-12-7)5-2-1-3-5/h4-5H,1-3H2,(H,10,11). The minimum absolute atomic E-state index is 0.0136. The van der Waals surface area contributed by atoms with Crippen molar-refractivity contribution in [1.82, 2.24) is 5.16 Å². The second-order valence-corrected chi connectivity index (χ2v) is 3.04. The third-order valence-electron chi connectivity index (χ3n) is 2.34. The Labute approximate surface area is 69.2 Å². The van der Waals surface area contributed by atoms with Gasteiger partial charge in [0.1, 0.15) is 0 Å². The summed E-state index contributed by atoms with van der Waals surface area (Å²) in [7, 11) is 0. The number of aromatic nitrogens is 1. The van der Waals surface area contributed by atoms with Crippen molar-refractivity contribution in [1.29, 1.82) is 0 Å². The van der Waals surface area contributed by atoms with Crippen LogP contribution in [0.1, 0.15) is 41.3 Å². The number of aromatic carboxylic acids is 1. The Morgan fingerprint density at radius 1 is 1.67 bits per heavy atom. The summed E-state index contributed by atoms with van der Waals surface area (Å²) in [6, 6.07) is 0. The summed E-state index contributed by atoms with van der Waals surface area (Å²) < 4.78 is 4.63. The molecule has 1 aromatic rings. The molecule has 0 spiro atoms. The maximum absolute atomic E-state index is 10.6. The first kappa shape index (κ1) is 7.34. The zero-order chi connectivity index (χ0) is 8.55. The van der Waals surface area contributed by atoms with E-state index < -0.39 is 5.97 Å². The van der Waals surface area contributed by atoms with Crippen molar-refractivity contribution < 1.29 is 14.4 Å². The first-order valence-corrected chi connectivity index (χ1v) is 3.97. The molecular formula is C8H9NO3. The van der Waals surface area contributed by atoms with E-state index in [-0.39, 0.29) is 5.76 Å². The Morgan fingerprint density at radius 3 is 2.92 bits per heavy atom. The fourth-order valence-electron chi connectivity index (χ4n) is 1.42. The van der Waals surface area contributed by atoms with Crippen LogP contribution in [0.2, 0.25) is 0 Å². The molecule has 0 radical (unpaired) electrons. The van der Waals surface area contributed by atoms with Crippen LogP contribution in [0.4, 0.5) is 0 Å². The molecule has 0 atom stereocenters. The molecule has 4 nitrogen and oxygen atoms in total. The molecule has 1 aromatic heterocycles. The van der Waals surface area contributed by atoms with Gasteiger partial charge in [-0.05, 0) is 18.8 Å². The molecule has 0 unspecified atom stereocenters. The molecule has 64 valence electrons. The third kappa shape index (κ3) is 0.995. The average Bonchev–Trinajstić information content (AvgIpc) is 2.31. The van der Waals surface area contributed by atoms with E-state index in [1.165, 1.54) is 12.6 Å². The molecule has 12 heavy (non-hydrogen) atoms. The highest BCUT2D eigenvalue weighted by molar-refractivity contribution is 5.86. The van der Waals surface area contributed by atoms with Gasteiger partial charge in [-0.2, -0.15) is 0 Å². The molecule has 0 saturated heterocycles. The van der Waals surface area contributed by atoms with Crippen LogP contribution in [0.25, 0.3) is 0 Å². The molecule has 1 heterocycles. The fourth-order valence-corrected chi connectivity index (χ4v) is 1.42. The van der Waals surface area contributed by atoms with Crippen LogP contribution in [-0.4, -0.2) is 16.2 Å². The van der Waals surface area contributed by atoms with Crippen LogP contribution in [0.15, 0.2) is 10.7 Å². The minimum Gasteiger partial charge on any atom is -0.475 e. The number of rotatable bonds is 2. The second-order valence-electron chi connectivity index (χ2n) is 3.04. The molecule has 0 aliphatic heterocycles. The average molecular weight is 167 g/mol. The zero-order valence-corrected chi connectivity index (χ0v) is 6.49. The molecular weight excluding hydrogens is 158 g/mol. The molecule has 1 aliphatic carbocycles. The summed E-state index contributed by atoms with van der Waals surface area (Å²) in [5.74, 6) is -0.642. The molecule has 2 rings (SSSR count). The highest BCUT2D eigenvalue weighted by Gasteiger charge is 2.27. The highest BCUT2D eigenvalue weighted by atomic mass is 16.5. The van der Waals surface area contributed by atoms with Gasteiger partial charge in [-0.1, -0.05) is 11.6 Å². The van der Waals surface area contributed by atoms with Crippen molar-refractivity contribution in [3.63, 3.8) is 0 Å². The maximum Gasteiger partial charge on any atom is 0.375 e. The quantitative estimate of drug-likeness (QED) is 0.727. The van der Waals surface area contributed by atoms with Gasteiger partial charge in [0.2, 0.25) is 5.76 Å². The number of hydrogen-bond acceptors (Lipinski definition) is 3. The first-order valence-electron chi connectivity index (χ1n) is 3.97. The summed E-state index contributed by atoms with van der Waals surface area (Å²) in [4.78, 5) is 10.6. The van der Waals surface area contributed by atoms with Gasteiger partial charge in [0.25, 0.3) is 0 Å². The van der Waals surface area contributed by atoms with Crippen molar-refractivity contribution in [2.45, 2.75) is 25.2 Å². The third-order valence-corrected chi connectivity index (χ3v) is 2.34. The van der Waals surface area contributed by atoms with E-state index in [9.17, 15) is 4.79 Å². The number of carbonyl (C=O) groups is 1. The number of carboxylic acids is 1. The Balaban J connectivity index is 2.29. The van der Waals surface area contributed by atoms with E-state index in [4.69, 9.17) is 5.11 Å². The lowest BCUT2D eigenvalue weighted by atomic mass is 9.80. The summed E-state index contributed by atoms with van der Waals surface area (Å²) in [5, 5.41) is 12.2. The van der Waals surface area contributed by atoms with E-state index in [2.05, 4.69) is 9.68 Å². The van der Waals surface area contributed by atoms with Crippen molar-refractivity contribution in [3.05, 3.63) is 17.5 Å². The Hall–Kier alpha value is -1.32. The van der Waals surface area contributed by atoms with Gasteiger partial charge in [0, 0.05) is 5.56 Å². The van der Waals surface area contributed by atoms with E-state index >= 15 is 0 Å². The van der Waals surface area contributed by atoms with Gasteiger partial charge in [0.15, 0.2) is 0 Å². The monoisotopic (exact) mass is 167 g/mol. The largest absolute Gasteiger partial charge is 0.475 e. The number of carboxylic acid groups (broad SMARTS) is 1. The lowest BCUT2D eigenvalue weighted by Crippen LogP contribution is -2.11. The second kappa shape index (κ2) is 2.62. The molecule has 1 saturated carbocycles. The number of hydrogen-bond donors (Lipinski definition) is 1. The fraction of sp³-hybridized carbons (Fsp3) is 0.500. The molecule has 0 bridgehead atoms. The van der Waals surface area contributed by atoms with Crippen molar-refractivity contribution in [3.8, 4) is 0 Å². The van der Waals surface area contributed by atoms with E-state index in [0.717, 1.165) is 18.4 Å². The minimum atomic E-state index is -1.02. The molecule has 0 amide bonds. The van der Waals surface area contributed by atoms with Crippen LogP contribution in [-0.2, 0) is 0 Å². The molecule has 1 fully saturated rings. The van der Waals surface area contributed by atoms with Crippen LogP contribution in [0.5, 0.6) is 0 Å². The van der Waals surface area contributed by atoms with Gasteiger partial charge >= 0.3 is 5.97 Å². The topological polar surface area (TPSA) is 63.3 Å². The van der Waals surface area contributed by atoms with Crippen LogP contribution < -0.4 is 0 Å². The summed E-state index contributed by atoms with van der Waals surface area (Å²) in [6.45, 7) is 0. The highest BCUT2D eigenvalue weighted by Crippen LogP contribution is 2.37. The molecule has 4 heteroatoms. The first-order chi connectivity index (χ1) is 5.79. The van der Waals surface area contributed by atoms with Crippen molar-refractivity contribution >= 4 is 5.97 Å². The molecule has 1 N–H and O–H groups in total. The van der Waals surface area contributed by atoms with E-state index in [0.29, 0.717) is 5.92 Å². The van der Waals surface area contributed by atoms with E-state index in [1.54, 1.807) is 0 Å². The Kier molecular flexibility index (Phi) is 1.60. The van der Waals surface area contributed by atoms with E-state index in [1.807, 2.05) is 0 Å². The van der Waals surface area contributed by atoms with Gasteiger partial charge in [-0.25, -0.2) is 4.79 Å². The maximum atomic E-state index is 10.6. The van der Waals surface area contributed by atoms with Crippen LogP contribution in [0, 0.1) is 0 Å². The predicted octanol–water partition coefficient (Wildman–Crippen LogP) is 1.64. The van der Waals surface area contributed by atoms with Gasteiger partial charge in [0.05, 0.1) is 6.20 Å². The van der Waals surface area contributed by atoms with Crippen molar-refractivity contribution in [2.24, 2.45) is 0 Å². The zero-order valence-electron chi connectivity index (χ0n) is 6.49. The smallest absolute Gasteiger partial charge is 0.375 e. The van der Waals surface area contributed by atoms with Crippen LogP contribution >= 0.6 is 0 Å².